The second-order valence-electron chi connectivity index (χ2n) is 12.3. The Morgan fingerprint density at radius 3 is 0.618 bits per heavy atom. The molecule has 0 aromatic carbocycles. The van der Waals surface area contributed by atoms with Crippen molar-refractivity contribution in [3.8, 4) is 0 Å². The maximum atomic E-state index is 11.1. The molecule has 1 saturated heterocycles. The topological polar surface area (TPSA) is 358 Å². The van der Waals surface area contributed by atoms with Gasteiger partial charge in [0.2, 0.25) is 0 Å². The SMILES string of the molecule is O=C(O)CN(CCN(CC(=O)O)CC(=O)O)CCN(CC(=O)O)CC(=O)O.O=C(O)CN1CCN(CC(=O)O)CCN(CC(=O)O)CCN(CC(=O)O)CC1. The van der Waals surface area contributed by atoms with Crippen molar-refractivity contribution in [2.75, 3.05) is 137 Å². The van der Waals surface area contributed by atoms with Gasteiger partial charge in [-0.25, -0.2) is 0 Å². The molecule has 0 aromatic heterocycles. The molecular weight excluding hydrogens is 746 g/mol. The summed E-state index contributed by atoms with van der Waals surface area (Å²) in [6.07, 6.45) is 0. The Hall–Kier alpha value is -5.05. The highest BCUT2D eigenvalue weighted by molar-refractivity contribution is 5.73. The van der Waals surface area contributed by atoms with Gasteiger partial charge >= 0.3 is 53.7 Å². The largest absolute Gasteiger partial charge is 0.480 e. The summed E-state index contributed by atoms with van der Waals surface area (Å²) in [7, 11) is 0. The lowest BCUT2D eigenvalue weighted by Gasteiger charge is -2.32. The number of hydrogen-bond acceptors (Lipinski definition) is 16. The predicted molar refractivity (Wildman–Crippen MR) is 184 cm³/mol. The lowest BCUT2D eigenvalue weighted by atomic mass is 10.3. The Morgan fingerprint density at radius 2 is 0.455 bits per heavy atom. The average molecular weight is 798 g/mol. The maximum absolute atomic E-state index is 11.1. The Labute approximate surface area is 314 Å². The van der Waals surface area contributed by atoms with E-state index in [1.807, 2.05) is 0 Å². The van der Waals surface area contributed by atoms with Crippen LogP contribution in [0.5, 0.6) is 0 Å². The van der Waals surface area contributed by atoms with E-state index in [4.69, 9.17) is 46.0 Å². The van der Waals surface area contributed by atoms with Crippen LogP contribution in [0.4, 0.5) is 0 Å². The quantitative estimate of drug-likeness (QED) is 0.0441. The molecule has 0 bridgehead atoms. The van der Waals surface area contributed by atoms with Crippen LogP contribution in [-0.2, 0) is 43.2 Å². The van der Waals surface area contributed by atoms with Gasteiger partial charge in [0.1, 0.15) is 0 Å². The van der Waals surface area contributed by atoms with Crippen LogP contribution in [0.15, 0.2) is 0 Å². The van der Waals surface area contributed by atoms with Crippen molar-refractivity contribution in [1.29, 1.82) is 0 Å². The fraction of sp³-hybridized carbons (Fsp3) is 0.700. The summed E-state index contributed by atoms with van der Waals surface area (Å²) in [5.74, 6) is -10.2. The Morgan fingerprint density at radius 1 is 0.291 bits per heavy atom. The van der Waals surface area contributed by atoms with Crippen molar-refractivity contribution in [2.24, 2.45) is 0 Å². The van der Waals surface area contributed by atoms with Gasteiger partial charge in [-0.05, 0) is 0 Å². The van der Waals surface area contributed by atoms with Gasteiger partial charge in [-0.2, -0.15) is 0 Å². The molecule has 1 rings (SSSR count). The van der Waals surface area contributed by atoms with Crippen LogP contribution in [0.1, 0.15) is 0 Å². The van der Waals surface area contributed by atoms with Gasteiger partial charge in [0.25, 0.3) is 0 Å². The molecule has 0 aliphatic carbocycles. The monoisotopic (exact) mass is 797 g/mol. The minimum Gasteiger partial charge on any atom is -0.480 e. The van der Waals surface area contributed by atoms with E-state index in [0.717, 1.165) is 9.80 Å². The zero-order chi connectivity index (χ0) is 42.1. The smallest absolute Gasteiger partial charge is 0.317 e. The van der Waals surface area contributed by atoms with E-state index in [9.17, 15) is 43.2 Å². The van der Waals surface area contributed by atoms with Gasteiger partial charge in [-0.1, -0.05) is 0 Å². The van der Waals surface area contributed by atoms with E-state index in [-0.39, 0.29) is 52.4 Å². The average Bonchev–Trinajstić information content (AvgIpc) is 3.01. The molecule has 0 radical (unpaired) electrons. The third-order valence-electron chi connectivity index (χ3n) is 7.62. The summed E-state index contributed by atoms with van der Waals surface area (Å²) in [5.41, 5.74) is 0. The van der Waals surface area contributed by atoms with E-state index in [1.165, 1.54) is 4.90 Å². The molecule has 0 atom stereocenters. The van der Waals surface area contributed by atoms with Gasteiger partial charge in [0.05, 0.1) is 58.9 Å². The molecule has 25 nitrogen and oxygen atoms in total. The molecule has 0 saturated carbocycles. The molecule has 1 fully saturated rings. The number of carboxylic acid groups (broad SMARTS) is 9. The number of rotatable bonds is 24. The Bertz CT molecular complexity index is 1120. The molecule has 25 heteroatoms. The first-order valence-corrected chi connectivity index (χ1v) is 16.7. The first-order chi connectivity index (χ1) is 25.6. The van der Waals surface area contributed by atoms with Crippen LogP contribution in [-0.4, -0.2) is 271 Å². The highest BCUT2D eigenvalue weighted by Gasteiger charge is 2.22. The van der Waals surface area contributed by atoms with Crippen LogP contribution >= 0.6 is 0 Å². The van der Waals surface area contributed by atoms with E-state index >= 15 is 0 Å². The second kappa shape index (κ2) is 27.5. The highest BCUT2D eigenvalue weighted by Crippen LogP contribution is 2.02. The van der Waals surface area contributed by atoms with Crippen molar-refractivity contribution in [3.05, 3.63) is 0 Å². The van der Waals surface area contributed by atoms with E-state index in [2.05, 4.69) is 0 Å². The van der Waals surface area contributed by atoms with E-state index in [0.29, 0.717) is 52.4 Å². The normalized spacial score (nSPS) is 15.3. The summed E-state index contributed by atoms with van der Waals surface area (Å²) < 4.78 is 0. The molecule has 1 aliphatic heterocycles. The van der Waals surface area contributed by atoms with Gasteiger partial charge in [0, 0.05) is 78.5 Å². The van der Waals surface area contributed by atoms with Crippen LogP contribution in [0.25, 0.3) is 0 Å². The lowest BCUT2D eigenvalue weighted by Crippen LogP contribution is -2.49. The number of carboxylic acids is 9. The number of carbonyl (C=O) groups is 9. The van der Waals surface area contributed by atoms with Crippen molar-refractivity contribution < 1.29 is 89.1 Å². The Kier molecular flexibility index (Phi) is 25.0. The first kappa shape index (κ1) is 49.9. The van der Waals surface area contributed by atoms with Gasteiger partial charge in [-0.3, -0.25) is 77.5 Å². The van der Waals surface area contributed by atoms with Crippen LogP contribution in [0.3, 0.4) is 0 Å². The summed E-state index contributed by atoms with van der Waals surface area (Å²) in [5, 5.41) is 80.4. The van der Waals surface area contributed by atoms with Gasteiger partial charge in [-0.15, -0.1) is 0 Å². The molecule has 1 aliphatic rings. The second-order valence-corrected chi connectivity index (χ2v) is 12.3. The van der Waals surface area contributed by atoms with Crippen molar-refractivity contribution in [1.82, 2.24) is 34.3 Å². The number of hydrogen-bond donors (Lipinski definition) is 9. The highest BCUT2D eigenvalue weighted by atomic mass is 16.4. The predicted octanol–water partition coefficient (Wildman–Crippen LogP) is -5.14. The number of aliphatic carboxylic acids is 9. The summed E-state index contributed by atoms with van der Waals surface area (Å²) >= 11 is 0. The Balaban J connectivity index is 0.00000106. The molecule has 0 unspecified atom stereocenters. The van der Waals surface area contributed by atoms with Crippen molar-refractivity contribution in [2.45, 2.75) is 0 Å². The molecule has 314 valence electrons. The molecular formula is C30H51N7O18. The van der Waals surface area contributed by atoms with Gasteiger partial charge < -0.3 is 46.0 Å². The molecule has 0 amide bonds. The summed E-state index contributed by atoms with van der Waals surface area (Å²) in [6.45, 7) is -1.21. The van der Waals surface area contributed by atoms with Crippen molar-refractivity contribution in [3.63, 3.8) is 0 Å². The fourth-order valence-electron chi connectivity index (χ4n) is 5.20. The summed E-state index contributed by atoms with van der Waals surface area (Å²) in [6, 6.07) is 0. The minimum atomic E-state index is -1.24. The van der Waals surface area contributed by atoms with Gasteiger partial charge in [0.15, 0.2) is 0 Å². The van der Waals surface area contributed by atoms with E-state index < -0.39 is 86.4 Å². The van der Waals surface area contributed by atoms with Crippen LogP contribution in [0, 0.1) is 0 Å². The third-order valence-corrected chi connectivity index (χ3v) is 7.62. The molecule has 0 aromatic rings. The van der Waals surface area contributed by atoms with Crippen LogP contribution in [0.2, 0.25) is 0 Å². The third kappa shape index (κ3) is 29.0. The van der Waals surface area contributed by atoms with E-state index in [1.54, 1.807) is 19.6 Å². The molecule has 9 N–H and O–H groups in total. The maximum Gasteiger partial charge on any atom is 0.317 e. The lowest BCUT2D eigenvalue weighted by molar-refractivity contribution is -0.143. The molecule has 1 heterocycles. The standard InChI is InChI=1S/C16H28N4O8.C14H23N3O10/c21-13(22)9-17-1-2-18(10-14(23)24)5-6-20(12-16(27)28)8-7-19(4-3-17)11-15(25)26;18-10(19)5-15(1-3-16(6-11(20)21)7-12(22)23)2-4-17(8-13(24)25)9-14(26)27/h1-12H2,(H,21,22)(H,23,24)(H,25,26)(H,27,28);1-9H2,(H,18,19)(H,20,21)(H,22,23)(H,24,25)(H,26,27). The molecule has 0 spiro atoms. The summed E-state index contributed by atoms with van der Waals surface area (Å²) in [4.78, 5) is 109. The zero-order valence-electron chi connectivity index (χ0n) is 30.2. The minimum absolute atomic E-state index is 0.000836. The van der Waals surface area contributed by atoms with Crippen molar-refractivity contribution >= 4 is 53.7 Å². The fourth-order valence-corrected chi connectivity index (χ4v) is 5.20. The zero-order valence-corrected chi connectivity index (χ0v) is 30.2. The number of nitrogens with zero attached hydrogens (tertiary/aromatic N) is 7. The first-order valence-electron chi connectivity index (χ1n) is 16.7. The molecule has 55 heavy (non-hydrogen) atoms. The van der Waals surface area contributed by atoms with Crippen LogP contribution < -0.4 is 0 Å².